The topological polar surface area (TPSA) is 129 Å². The summed E-state index contributed by atoms with van der Waals surface area (Å²) in [6.45, 7) is 6.25. The molecule has 0 radical (unpaired) electrons. The number of aromatic amines is 1. The van der Waals surface area contributed by atoms with Crippen LogP contribution in [0.2, 0.25) is 0 Å². The highest BCUT2D eigenvalue weighted by Gasteiger charge is 2.23. The third kappa shape index (κ3) is 8.17. The van der Waals surface area contributed by atoms with Gasteiger partial charge in [0.1, 0.15) is 29.8 Å². The van der Waals surface area contributed by atoms with Crippen LogP contribution in [0.4, 0.5) is 4.79 Å². The van der Waals surface area contributed by atoms with Crippen molar-refractivity contribution >= 4 is 39.8 Å². The fourth-order valence-electron chi connectivity index (χ4n) is 3.02. The summed E-state index contributed by atoms with van der Waals surface area (Å²) in [4.78, 5) is 52.4. The third-order valence-electron chi connectivity index (χ3n) is 4.72. The molecule has 11 heteroatoms. The molecule has 0 unspecified atom stereocenters. The number of carbonyl (C=O) groups excluding carboxylic acids is 3. The molecule has 2 N–H and O–H groups in total. The normalized spacial score (nSPS) is 11.4. The van der Waals surface area contributed by atoms with Gasteiger partial charge in [0.15, 0.2) is 0 Å². The molecule has 1 heterocycles. The van der Waals surface area contributed by atoms with Crippen molar-refractivity contribution in [2.45, 2.75) is 39.2 Å². The molecule has 33 heavy (non-hydrogen) atoms. The number of thiazole rings is 1. The van der Waals surface area contributed by atoms with Crippen LogP contribution in [0.5, 0.6) is 5.75 Å². The van der Waals surface area contributed by atoms with E-state index in [0.29, 0.717) is 29.5 Å². The number of nitrogens with one attached hydrogen (secondary N) is 1. The molecule has 0 fully saturated rings. The first kappa shape index (κ1) is 26.3. The Labute approximate surface area is 196 Å². The first-order chi connectivity index (χ1) is 15.5. The first-order valence-corrected chi connectivity index (χ1v) is 11.4. The lowest BCUT2D eigenvalue weighted by Gasteiger charge is -2.29. The number of fused-ring (bicyclic) bond motifs is 1. The molecule has 0 aliphatic carbocycles. The van der Waals surface area contributed by atoms with E-state index in [1.54, 1.807) is 33.9 Å². The fraction of sp³-hybridized carbons (Fsp3) is 0.545. The summed E-state index contributed by atoms with van der Waals surface area (Å²) in [6, 6.07) is 3.24. The van der Waals surface area contributed by atoms with E-state index in [1.807, 2.05) is 0 Å². The maximum atomic E-state index is 12.8. The van der Waals surface area contributed by atoms with Crippen molar-refractivity contribution in [3.05, 3.63) is 27.4 Å². The molecule has 2 amide bonds. The van der Waals surface area contributed by atoms with Gasteiger partial charge in [0.05, 0.1) is 17.7 Å². The minimum atomic E-state index is -0.682. The molecule has 0 bridgehead atoms. The molecule has 0 saturated carbocycles. The van der Waals surface area contributed by atoms with Crippen molar-refractivity contribution in [2.75, 3.05) is 39.9 Å². The number of hydrogen-bond donors (Lipinski definition) is 2. The quantitative estimate of drug-likeness (QED) is 0.372. The maximum absolute atomic E-state index is 12.8. The Hall–Kier alpha value is -2.92. The SMILES string of the molecule is CN(CCN(CCc1ccc(O)c2[nH]c(=O)sc12)C(=O)OC(C)(C)C)C(=O)CCOCC=O. The smallest absolute Gasteiger partial charge is 0.410 e. The van der Waals surface area contributed by atoms with E-state index < -0.39 is 11.7 Å². The minimum Gasteiger partial charge on any atom is -0.506 e. The summed E-state index contributed by atoms with van der Waals surface area (Å²) >= 11 is 1.00. The molecule has 1 aromatic carbocycles. The van der Waals surface area contributed by atoms with Crippen LogP contribution in [-0.2, 0) is 25.5 Å². The number of benzene rings is 1. The molecule has 2 aromatic rings. The van der Waals surface area contributed by atoms with Crippen LogP contribution in [0.15, 0.2) is 16.9 Å². The zero-order valence-corrected chi connectivity index (χ0v) is 20.2. The van der Waals surface area contributed by atoms with Gasteiger partial charge in [-0.1, -0.05) is 17.4 Å². The van der Waals surface area contributed by atoms with Gasteiger partial charge in [-0.15, -0.1) is 0 Å². The van der Waals surface area contributed by atoms with Gasteiger partial charge in [-0.25, -0.2) is 4.79 Å². The third-order valence-corrected chi connectivity index (χ3v) is 5.68. The number of hydrogen-bond acceptors (Lipinski definition) is 8. The lowest BCUT2D eigenvalue weighted by atomic mass is 10.1. The Kier molecular flexibility index (Phi) is 9.42. The van der Waals surface area contributed by atoms with Gasteiger partial charge in [-0.3, -0.25) is 9.59 Å². The van der Waals surface area contributed by atoms with E-state index >= 15 is 0 Å². The van der Waals surface area contributed by atoms with Gasteiger partial charge in [-0.05, 0) is 38.8 Å². The molecule has 0 atom stereocenters. The van der Waals surface area contributed by atoms with E-state index in [4.69, 9.17) is 9.47 Å². The molecule has 0 aliphatic rings. The Morgan fingerprint density at radius 1 is 1.21 bits per heavy atom. The summed E-state index contributed by atoms with van der Waals surface area (Å²) < 4.78 is 11.2. The Bertz CT molecular complexity index is 1030. The van der Waals surface area contributed by atoms with Crippen molar-refractivity contribution in [3.8, 4) is 5.75 Å². The minimum absolute atomic E-state index is 0.00615. The molecular formula is C22H31N3O7S. The number of aromatic hydroxyl groups is 1. The van der Waals surface area contributed by atoms with Crippen molar-refractivity contribution in [1.29, 1.82) is 0 Å². The molecule has 1 aromatic heterocycles. The van der Waals surface area contributed by atoms with E-state index in [2.05, 4.69) is 4.98 Å². The second kappa shape index (κ2) is 11.8. The van der Waals surface area contributed by atoms with Crippen LogP contribution in [0.3, 0.4) is 0 Å². The molecular weight excluding hydrogens is 450 g/mol. The van der Waals surface area contributed by atoms with E-state index in [-0.39, 0.29) is 49.3 Å². The summed E-state index contributed by atoms with van der Waals surface area (Å²) in [5.41, 5.74) is 0.517. The lowest BCUT2D eigenvalue weighted by molar-refractivity contribution is -0.131. The summed E-state index contributed by atoms with van der Waals surface area (Å²) in [7, 11) is 1.64. The van der Waals surface area contributed by atoms with Crippen LogP contribution < -0.4 is 4.87 Å². The molecule has 0 aliphatic heterocycles. The molecule has 182 valence electrons. The Balaban J connectivity index is 2.06. The zero-order valence-electron chi connectivity index (χ0n) is 19.4. The number of rotatable bonds is 11. The Morgan fingerprint density at radius 3 is 2.61 bits per heavy atom. The van der Waals surface area contributed by atoms with Crippen LogP contribution in [-0.4, -0.2) is 83.7 Å². The van der Waals surface area contributed by atoms with Gasteiger partial charge < -0.3 is 34.2 Å². The summed E-state index contributed by atoms with van der Waals surface area (Å²) in [5, 5.41) is 9.98. The second-order valence-corrected chi connectivity index (χ2v) is 9.47. The zero-order chi connectivity index (χ0) is 24.6. The predicted molar refractivity (Wildman–Crippen MR) is 125 cm³/mol. The number of ether oxygens (including phenoxy) is 2. The highest BCUT2D eigenvalue weighted by molar-refractivity contribution is 7.16. The number of phenols is 1. The van der Waals surface area contributed by atoms with Crippen molar-refractivity contribution in [2.24, 2.45) is 0 Å². The standard InChI is InChI=1S/C22H31N3O7S/c1-22(2,3)32-21(30)25(11-10-24(4)17(28)8-13-31-14-12-26)9-7-15-5-6-16(27)18-19(15)33-20(29)23-18/h5-6,12,27H,7-11,13-14H2,1-4H3,(H,23,29). The van der Waals surface area contributed by atoms with Crippen LogP contribution in [0.25, 0.3) is 10.2 Å². The highest BCUT2D eigenvalue weighted by Crippen LogP contribution is 2.28. The number of amides is 2. The van der Waals surface area contributed by atoms with Crippen LogP contribution in [0.1, 0.15) is 32.8 Å². The predicted octanol–water partition coefficient (Wildman–Crippen LogP) is 2.14. The molecule has 0 saturated heterocycles. The summed E-state index contributed by atoms with van der Waals surface area (Å²) in [6.07, 6.45) is 0.686. The van der Waals surface area contributed by atoms with Crippen LogP contribution >= 0.6 is 11.3 Å². The molecule has 10 nitrogen and oxygen atoms in total. The van der Waals surface area contributed by atoms with E-state index in [0.717, 1.165) is 16.9 Å². The molecule has 0 spiro atoms. The highest BCUT2D eigenvalue weighted by atomic mass is 32.1. The maximum Gasteiger partial charge on any atom is 0.410 e. The number of phenolic OH excluding ortho intramolecular Hbond substituents is 1. The lowest BCUT2D eigenvalue weighted by Crippen LogP contribution is -2.43. The average molecular weight is 482 g/mol. The van der Waals surface area contributed by atoms with Crippen molar-refractivity contribution < 1.29 is 29.0 Å². The number of likely N-dealkylation sites (N-methyl/N-ethyl adjacent to an activating group) is 1. The molecule has 2 rings (SSSR count). The number of nitrogens with zero attached hydrogens (tertiary/aromatic N) is 2. The average Bonchev–Trinajstić information content (AvgIpc) is 3.13. The van der Waals surface area contributed by atoms with Crippen molar-refractivity contribution in [1.82, 2.24) is 14.8 Å². The number of aldehydes is 1. The monoisotopic (exact) mass is 481 g/mol. The summed E-state index contributed by atoms with van der Waals surface area (Å²) in [5.74, 6) is -0.171. The van der Waals surface area contributed by atoms with E-state index in [9.17, 15) is 24.3 Å². The van der Waals surface area contributed by atoms with Gasteiger partial charge >= 0.3 is 11.0 Å². The second-order valence-electron chi connectivity index (χ2n) is 8.49. The van der Waals surface area contributed by atoms with Gasteiger partial charge in [-0.2, -0.15) is 0 Å². The van der Waals surface area contributed by atoms with E-state index in [1.165, 1.54) is 15.9 Å². The number of H-pyrrole nitrogens is 1. The Morgan fingerprint density at radius 2 is 1.94 bits per heavy atom. The fourth-order valence-corrected chi connectivity index (χ4v) is 3.92. The first-order valence-electron chi connectivity index (χ1n) is 10.6. The van der Waals surface area contributed by atoms with Crippen LogP contribution in [0, 0.1) is 0 Å². The van der Waals surface area contributed by atoms with Gasteiger partial charge in [0.2, 0.25) is 5.91 Å². The number of carbonyl (C=O) groups is 3. The van der Waals surface area contributed by atoms with Gasteiger partial charge in [0.25, 0.3) is 0 Å². The van der Waals surface area contributed by atoms with Crippen molar-refractivity contribution in [3.63, 3.8) is 0 Å². The van der Waals surface area contributed by atoms with Gasteiger partial charge in [0, 0.05) is 26.7 Å². The number of aromatic nitrogens is 1. The largest absolute Gasteiger partial charge is 0.506 e.